The summed E-state index contributed by atoms with van der Waals surface area (Å²) in [4.78, 5) is 11.6. The van der Waals surface area contributed by atoms with E-state index in [4.69, 9.17) is 5.73 Å². The second kappa shape index (κ2) is 4.94. The normalized spacial score (nSPS) is 18.9. The molecule has 1 amide bonds. The highest BCUT2D eigenvalue weighted by Gasteiger charge is 2.31. The van der Waals surface area contributed by atoms with Gasteiger partial charge in [0.15, 0.2) is 0 Å². The number of hydrogen-bond donors (Lipinski definition) is 1. The second-order valence-corrected chi connectivity index (χ2v) is 5.02. The van der Waals surface area contributed by atoms with Crippen LogP contribution in [0.15, 0.2) is 0 Å². The summed E-state index contributed by atoms with van der Waals surface area (Å²) in [6.45, 7) is 9.58. The van der Waals surface area contributed by atoms with Gasteiger partial charge in [-0.15, -0.1) is 0 Å². The lowest BCUT2D eigenvalue weighted by Crippen LogP contribution is -2.46. The van der Waals surface area contributed by atoms with Gasteiger partial charge in [0, 0.05) is 26.1 Å². The Hall–Kier alpha value is -0.610. The molecule has 0 unspecified atom stereocenters. The van der Waals surface area contributed by atoms with E-state index in [1.165, 1.54) is 0 Å². The lowest BCUT2D eigenvalue weighted by Gasteiger charge is -2.34. The molecule has 0 aromatic heterocycles. The second-order valence-electron chi connectivity index (χ2n) is 5.02. The molecular weight excluding hydrogens is 190 g/mol. The molecule has 88 valence electrons. The fraction of sp³-hybridized carbons (Fsp3) is 0.909. The van der Waals surface area contributed by atoms with Crippen molar-refractivity contribution in [3.63, 3.8) is 0 Å². The van der Waals surface area contributed by atoms with Crippen LogP contribution in [0.4, 0.5) is 0 Å². The van der Waals surface area contributed by atoms with Crippen LogP contribution >= 0.6 is 0 Å². The standard InChI is InChI=1S/C11H23N3O/c1-4-6-14-10(15)5-7-13(14)9-11(2,3)8-12/h4-9,12H2,1-3H3. The first kappa shape index (κ1) is 12.5. The Labute approximate surface area is 92.4 Å². The van der Waals surface area contributed by atoms with Gasteiger partial charge in [0.25, 0.3) is 0 Å². The molecule has 0 spiro atoms. The van der Waals surface area contributed by atoms with Crippen LogP contribution in [0.3, 0.4) is 0 Å². The van der Waals surface area contributed by atoms with E-state index in [1.54, 1.807) is 0 Å². The first-order chi connectivity index (χ1) is 7.00. The van der Waals surface area contributed by atoms with Gasteiger partial charge in [-0.2, -0.15) is 0 Å². The van der Waals surface area contributed by atoms with Gasteiger partial charge in [-0.3, -0.25) is 9.80 Å². The number of carbonyl (C=O) groups is 1. The van der Waals surface area contributed by atoms with Crippen molar-refractivity contribution < 1.29 is 4.79 Å². The third kappa shape index (κ3) is 3.18. The summed E-state index contributed by atoms with van der Waals surface area (Å²) >= 11 is 0. The van der Waals surface area contributed by atoms with E-state index < -0.39 is 0 Å². The number of nitrogens with two attached hydrogens (primary N) is 1. The SMILES string of the molecule is CCCN1C(=O)CCN1CC(C)(C)CN. The molecule has 4 heteroatoms. The maximum atomic E-state index is 11.6. The van der Waals surface area contributed by atoms with Crippen molar-refractivity contribution in [2.75, 3.05) is 26.2 Å². The number of carbonyl (C=O) groups excluding carboxylic acids is 1. The van der Waals surface area contributed by atoms with Crippen LogP contribution in [-0.4, -0.2) is 42.1 Å². The van der Waals surface area contributed by atoms with Gasteiger partial charge in [0.1, 0.15) is 0 Å². The van der Waals surface area contributed by atoms with Gasteiger partial charge in [0.05, 0.1) is 0 Å². The lowest BCUT2D eigenvalue weighted by molar-refractivity contribution is -0.139. The van der Waals surface area contributed by atoms with Gasteiger partial charge < -0.3 is 5.73 Å². The Bertz CT molecular complexity index is 228. The van der Waals surface area contributed by atoms with E-state index in [0.717, 1.165) is 26.1 Å². The molecule has 0 saturated carbocycles. The monoisotopic (exact) mass is 213 g/mol. The van der Waals surface area contributed by atoms with Crippen molar-refractivity contribution in [3.05, 3.63) is 0 Å². The zero-order chi connectivity index (χ0) is 11.5. The molecule has 1 heterocycles. The Morgan fingerprint density at radius 3 is 2.67 bits per heavy atom. The summed E-state index contributed by atoms with van der Waals surface area (Å²) in [7, 11) is 0. The molecule has 15 heavy (non-hydrogen) atoms. The van der Waals surface area contributed by atoms with Crippen molar-refractivity contribution in [1.82, 2.24) is 10.0 Å². The highest BCUT2D eigenvalue weighted by Crippen LogP contribution is 2.20. The Balaban J connectivity index is 2.57. The van der Waals surface area contributed by atoms with E-state index >= 15 is 0 Å². The topological polar surface area (TPSA) is 49.6 Å². The summed E-state index contributed by atoms with van der Waals surface area (Å²) in [5.74, 6) is 0.254. The molecule has 0 radical (unpaired) electrons. The molecule has 1 saturated heterocycles. The first-order valence-electron chi connectivity index (χ1n) is 5.75. The summed E-state index contributed by atoms with van der Waals surface area (Å²) in [5, 5.41) is 4.04. The third-order valence-corrected chi connectivity index (χ3v) is 2.81. The molecule has 0 bridgehead atoms. The van der Waals surface area contributed by atoms with Crippen LogP contribution in [0.1, 0.15) is 33.6 Å². The molecule has 4 nitrogen and oxygen atoms in total. The quantitative estimate of drug-likeness (QED) is 0.736. The number of rotatable bonds is 5. The average molecular weight is 213 g/mol. The van der Waals surface area contributed by atoms with Gasteiger partial charge in [-0.25, -0.2) is 5.01 Å². The number of nitrogens with zero attached hydrogens (tertiary/aromatic N) is 2. The predicted molar refractivity (Wildman–Crippen MR) is 61.0 cm³/mol. The summed E-state index contributed by atoms with van der Waals surface area (Å²) in [6.07, 6.45) is 1.66. The average Bonchev–Trinajstić information content (AvgIpc) is 2.50. The van der Waals surface area contributed by atoms with E-state index in [-0.39, 0.29) is 11.3 Å². The zero-order valence-electron chi connectivity index (χ0n) is 10.1. The molecule has 1 rings (SSSR count). The minimum Gasteiger partial charge on any atom is -0.330 e. The fourth-order valence-corrected chi connectivity index (χ4v) is 1.83. The van der Waals surface area contributed by atoms with Gasteiger partial charge in [-0.05, 0) is 18.4 Å². The molecule has 1 aliphatic heterocycles. The van der Waals surface area contributed by atoms with Gasteiger partial charge in [0.2, 0.25) is 5.91 Å². The predicted octanol–water partition coefficient (Wildman–Crippen LogP) is 0.831. The van der Waals surface area contributed by atoms with E-state index in [1.807, 2.05) is 5.01 Å². The van der Waals surface area contributed by atoms with E-state index in [9.17, 15) is 4.79 Å². The number of hydrogen-bond acceptors (Lipinski definition) is 3. The molecule has 1 fully saturated rings. The van der Waals surface area contributed by atoms with Crippen molar-refractivity contribution in [1.29, 1.82) is 0 Å². The van der Waals surface area contributed by atoms with E-state index in [2.05, 4.69) is 25.8 Å². The summed E-state index contributed by atoms with van der Waals surface area (Å²) in [5.41, 5.74) is 5.79. The first-order valence-corrected chi connectivity index (χ1v) is 5.75. The number of amides is 1. The maximum Gasteiger partial charge on any atom is 0.238 e. The Morgan fingerprint density at radius 2 is 2.13 bits per heavy atom. The minimum absolute atomic E-state index is 0.0800. The number of hydrazine groups is 1. The smallest absolute Gasteiger partial charge is 0.238 e. The molecule has 2 N–H and O–H groups in total. The third-order valence-electron chi connectivity index (χ3n) is 2.81. The molecular formula is C11H23N3O. The maximum absolute atomic E-state index is 11.6. The molecule has 0 aromatic rings. The van der Waals surface area contributed by atoms with Crippen molar-refractivity contribution >= 4 is 5.91 Å². The Morgan fingerprint density at radius 1 is 1.47 bits per heavy atom. The highest BCUT2D eigenvalue weighted by molar-refractivity contribution is 5.77. The van der Waals surface area contributed by atoms with Crippen LogP contribution in [-0.2, 0) is 4.79 Å². The van der Waals surface area contributed by atoms with Crippen LogP contribution in [0.2, 0.25) is 0 Å². The fourth-order valence-electron chi connectivity index (χ4n) is 1.83. The van der Waals surface area contributed by atoms with Crippen LogP contribution in [0, 0.1) is 5.41 Å². The molecule has 0 aromatic carbocycles. The van der Waals surface area contributed by atoms with Crippen LogP contribution in [0.25, 0.3) is 0 Å². The summed E-state index contributed by atoms with van der Waals surface area (Å²) in [6, 6.07) is 0. The van der Waals surface area contributed by atoms with Crippen molar-refractivity contribution in [3.8, 4) is 0 Å². The summed E-state index contributed by atoms with van der Waals surface area (Å²) < 4.78 is 0. The van der Waals surface area contributed by atoms with E-state index in [0.29, 0.717) is 13.0 Å². The molecule has 1 aliphatic rings. The highest BCUT2D eigenvalue weighted by atomic mass is 16.2. The minimum atomic E-state index is 0.0800. The van der Waals surface area contributed by atoms with Crippen LogP contribution in [0.5, 0.6) is 0 Å². The van der Waals surface area contributed by atoms with Crippen molar-refractivity contribution in [2.45, 2.75) is 33.6 Å². The van der Waals surface area contributed by atoms with Gasteiger partial charge >= 0.3 is 0 Å². The molecule has 0 aliphatic carbocycles. The Kier molecular flexibility index (Phi) is 4.11. The molecule has 0 atom stereocenters. The zero-order valence-corrected chi connectivity index (χ0v) is 10.1. The van der Waals surface area contributed by atoms with Crippen LogP contribution < -0.4 is 5.73 Å². The van der Waals surface area contributed by atoms with Gasteiger partial charge in [-0.1, -0.05) is 20.8 Å². The largest absolute Gasteiger partial charge is 0.330 e. The lowest BCUT2D eigenvalue weighted by atomic mass is 9.94. The van der Waals surface area contributed by atoms with Crippen molar-refractivity contribution in [2.24, 2.45) is 11.1 Å².